The van der Waals surface area contributed by atoms with Gasteiger partial charge in [-0.05, 0) is 30.3 Å². The molecule has 30 heavy (non-hydrogen) atoms. The third kappa shape index (κ3) is 5.73. The maximum Gasteiger partial charge on any atom is 0.258 e. The highest BCUT2D eigenvalue weighted by Crippen LogP contribution is 2.15. The SMILES string of the molecule is COc1cccc(C(=O)N2CCN(C(=O)CNC(=O)COc3ccccc3)CC2)c1. The summed E-state index contributed by atoms with van der Waals surface area (Å²) in [5.74, 6) is 0.584. The van der Waals surface area contributed by atoms with Crippen molar-refractivity contribution < 1.29 is 23.9 Å². The Kier molecular flexibility index (Phi) is 7.26. The lowest BCUT2D eigenvalue weighted by Crippen LogP contribution is -2.52. The van der Waals surface area contributed by atoms with Crippen molar-refractivity contribution in [3.05, 3.63) is 60.2 Å². The first kappa shape index (κ1) is 21.2. The first-order chi connectivity index (χ1) is 14.6. The second kappa shape index (κ2) is 10.3. The smallest absolute Gasteiger partial charge is 0.258 e. The number of carbonyl (C=O) groups is 3. The molecule has 0 aliphatic carbocycles. The molecular formula is C22H25N3O5. The Morgan fingerprint density at radius 2 is 1.57 bits per heavy atom. The van der Waals surface area contributed by atoms with E-state index in [1.807, 2.05) is 18.2 Å². The highest BCUT2D eigenvalue weighted by molar-refractivity contribution is 5.95. The molecule has 0 spiro atoms. The van der Waals surface area contributed by atoms with E-state index in [1.54, 1.807) is 53.3 Å². The van der Waals surface area contributed by atoms with Crippen LogP contribution in [0.2, 0.25) is 0 Å². The molecule has 3 rings (SSSR count). The van der Waals surface area contributed by atoms with Gasteiger partial charge < -0.3 is 24.6 Å². The number of ether oxygens (including phenoxy) is 2. The van der Waals surface area contributed by atoms with Gasteiger partial charge in [0.15, 0.2) is 6.61 Å². The highest BCUT2D eigenvalue weighted by Gasteiger charge is 2.25. The third-order valence-electron chi connectivity index (χ3n) is 4.79. The van der Waals surface area contributed by atoms with Crippen molar-refractivity contribution in [2.75, 3.05) is 46.4 Å². The van der Waals surface area contributed by atoms with Crippen LogP contribution in [0.3, 0.4) is 0 Å². The molecule has 8 nitrogen and oxygen atoms in total. The summed E-state index contributed by atoms with van der Waals surface area (Å²) in [5.41, 5.74) is 0.555. The van der Waals surface area contributed by atoms with Crippen LogP contribution < -0.4 is 14.8 Å². The van der Waals surface area contributed by atoms with E-state index in [4.69, 9.17) is 9.47 Å². The minimum Gasteiger partial charge on any atom is -0.497 e. The van der Waals surface area contributed by atoms with Crippen LogP contribution in [-0.4, -0.2) is 74.0 Å². The lowest BCUT2D eigenvalue weighted by Gasteiger charge is -2.35. The first-order valence-electron chi connectivity index (χ1n) is 9.72. The molecule has 1 aliphatic heterocycles. The van der Waals surface area contributed by atoms with Gasteiger partial charge in [0.25, 0.3) is 11.8 Å². The number of rotatable bonds is 7. The summed E-state index contributed by atoms with van der Waals surface area (Å²) in [4.78, 5) is 40.2. The second-order valence-corrected chi connectivity index (χ2v) is 6.78. The predicted octanol–water partition coefficient (Wildman–Crippen LogP) is 1.17. The van der Waals surface area contributed by atoms with E-state index in [1.165, 1.54) is 0 Å². The van der Waals surface area contributed by atoms with Crippen LogP contribution in [0.1, 0.15) is 10.4 Å². The number of hydrogen-bond acceptors (Lipinski definition) is 5. The molecule has 1 aliphatic rings. The number of carbonyl (C=O) groups excluding carboxylic acids is 3. The minimum absolute atomic E-state index is 0.0904. The normalized spacial score (nSPS) is 13.5. The fourth-order valence-electron chi connectivity index (χ4n) is 3.10. The number of piperazine rings is 1. The van der Waals surface area contributed by atoms with Gasteiger partial charge in [0, 0.05) is 31.7 Å². The Labute approximate surface area is 175 Å². The van der Waals surface area contributed by atoms with Crippen LogP contribution in [0.5, 0.6) is 11.5 Å². The van der Waals surface area contributed by atoms with Gasteiger partial charge in [-0.2, -0.15) is 0 Å². The van der Waals surface area contributed by atoms with Crippen LogP contribution in [0.4, 0.5) is 0 Å². The molecule has 8 heteroatoms. The van der Waals surface area contributed by atoms with Gasteiger partial charge in [0.05, 0.1) is 13.7 Å². The molecule has 0 bridgehead atoms. The van der Waals surface area contributed by atoms with Crippen LogP contribution in [0, 0.1) is 0 Å². The molecule has 0 aromatic heterocycles. The van der Waals surface area contributed by atoms with E-state index in [0.29, 0.717) is 43.2 Å². The van der Waals surface area contributed by atoms with Gasteiger partial charge in [0.1, 0.15) is 11.5 Å². The third-order valence-corrected chi connectivity index (χ3v) is 4.79. The second-order valence-electron chi connectivity index (χ2n) is 6.78. The number of benzene rings is 2. The molecule has 1 heterocycles. The number of para-hydroxylation sites is 1. The molecule has 1 fully saturated rings. The largest absolute Gasteiger partial charge is 0.497 e. The summed E-state index contributed by atoms with van der Waals surface area (Å²) < 4.78 is 10.5. The van der Waals surface area contributed by atoms with Crippen molar-refractivity contribution in [1.29, 1.82) is 0 Å². The van der Waals surface area contributed by atoms with Crippen LogP contribution in [0.15, 0.2) is 54.6 Å². The van der Waals surface area contributed by atoms with Gasteiger partial charge in [0.2, 0.25) is 5.91 Å². The molecular weight excluding hydrogens is 386 g/mol. The lowest BCUT2D eigenvalue weighted by atomic mass is 10.1. The van der Waals surface area contributed by atoms with Crippen LogP contribution >= 0.6 is 0 Å². The Morgan fingerprint density at radius 3 is 2.27 bits per heavy atom. The van der Waals surface area contributed by atoms with Crippen molar-refractivity contribution in [2.45, 2.75) is 0 Å². The molecule has 0 atom stereocenters. The van der Waals surface area contributed by atoms with E-state index in [0.717, 1.165) is 0 Å². The quantitative estimate of drug-likeness (QED) is 0.739. The average molecular weight is 411 g/mol. The van der Waals surface area contributed by atoms with Crippen LogP contribution in [-0.2, 0) is 9.59 Å². The van der Waals surface area contributed by atoms with Gasteiger partial charge >= 0.3 is 0 Å². The standard InChI is InChI=1S/C22H25N3O5/c1-29-19-9-5-6-17(14-19)22(28)25-12-10-24(11-13-25)21(27)15-23-20(26)16-30-18-7-3-2-4-8-18/h2-9,14H,10-13,15-16H2,1H3,(H,23,26). The molecule has 0 radical (unpaired) electrons. The molecule has 0 unspecified atom stereocenters. The predicted molar refractivity (Wildman–Crippen MR) is 110 cm³/mol. The summed E-state index contributed by atoms with van der Waals surface area (Å²) in [5, 5.41) is 2.57. The number of hydrogen-bond donors (Lipinski definition) is 1. The van der Waals surface area contributed by atoms with Crippen LogP contribution in [0.25, 0.3) is 0 Å². The Hall–Kier alpha value is -3.55. The zero-order valence-corrected chi connectivity index (χ0v) is 16.9. The maximum absolute atomic E-state index is 12.6. The van der Waals surface area contributed by atoms with Crippen molar-refractivity contribution in [2.24, 2.45) is 0 Å². The van der Waals surface area contributed by atoms with Gasteiger partial charge in [-0.15, -0.1) is 0 Å². The number of methoxy groups -OCH3 is 1. The summed E-state index contributed by atoms with van der Waals surface area (Å²) in [7, 11) is 1.56. The van der Waals surface area contributed by atoms with Crippen molar-refractivity contribution >= 4 is 17.7 Å². The minimum atomic E-state index is -0.362. The van der Waals surface area contributed by atoms with E-state index in [-0.39, 0.29) is 30.9 Å². The summed E-state index contributed by atoms with van der Waals surface area (Å²) in [6, 6.07) is 16.0. The molecule has 0 saturated carbocycles. The van der Waals surface area contributed by atoms with Gasteiger partial charge in [-0.3, -0.25) is 14.4 Å². The monoisotopic (exact) mass is 411 g/mol. The Morgan fingerprint density at radius 1 is 0.900 bits per heavy atom. The molecule has 1 saturated heterocycles. The molecule has 1 N–H and O–H groups in total. The van der Waals surface area contributed by atoms with Crippen molar-refractivity contribution in [3.8, 4) is 11.5 Å². The zero-order chi connectivity index (χ0) is 21.3. The van der Waals surface area contributed by atoms with E-state index in [2.05, 4.69) is 5.32 Å². The maximum atomic E-state index is 12.6. The summed E-state index contributed by atoms with van der Waals surface area (Å²) in [6.07, 6.45) is 0. The molecule has 2 aromatic carbocycles. The number of nitrogens with zero attached hydrogens (tertiary/aromatic N) is 2. The van der Waals surface area contributed by atoms with Gasteiger partial charge in [-0.1, -0.05) is 24.3 Å². The van der Waals surface area contributed by atoms with E-state index < -0.39 is 0 Å². The Bertz CT molecular complexity index is 879. The highest BCUT2D eigenvalue weighted by atomic mass is 16.5. The van der Waals surface area contributed by atoms with Gasteiger partial charge in [-0.25, -0.2) is 0 Å². The topological polar surface area (TPSA) is 88.2 Å². The summed E-state index contributed by atoms with van der Waals surface area (Å²) in [6.45, 7) is 1.47. The molecule has 3 amide bonds. The summed E-state index contributed by atoms with van der Waals surface area (Å²) >= 11 is 0. The lowest BCUT2D eigenvalue weighted by molar-refractivity contribution is -0.134. The molecule has 158 valence electrons. The Balaban J connectivity index is 1.40. The number of amides is 3. The fourth-order valence-corrected chi connectivity index (χ4v) is 3.10. The van der Waals surface area contributed by atoms with E-state index in [9.17, 15) is 14.4 Å². The van der Waals surface area contributed by atoms with Crippen molar-refractivity contribution in [3.63, 3.8) is 0 Å². The fraction of sp³-hybridized carbons (Fsp3) is 0.318. The molecule has 2 aromatic rings. The number of nitrogens with one attached hydrogen (secondary N) is 1. The zero-order valence-electron chi connectivity index (χ0n) is 16.9. The van der Waals surface area contributed by atoms with E-state index >= 15 is 0 Å². The van der Waals surface area contributed by atoms with Crippen molar-refractivity contribution in [1.82, 2.24) is 15.1 Å². The average Bonchev–Trinajstić information content (AvgIpc) is 2.81. The first-order valence-corrected chi connectivity index (χ1v) is 9.72.